The molecule has 3 aromatic heterocycles. The summed E-state index contributed by atoms with van der Waals surface area (Å²) in [6.07, 6.45) is 8.48. The van der Waals surface area contributed by atoms with Gasteiger partial charge >= 0.3 is 0 Å². The van der Waals surface area contributed by atoms with E-state index in [-0.39, 0.29) is 11.6 Å². The molecule has 10 heteroatoms. The molecule has 1 fully saturated rings. The number of nitrogens with zero attached hydrogens (tertiary/aromatic N) is 8. The first-order chi connectivity index (χ1) is 14.5. The minimum atomic E-state index is -0.211. The van der Waals surface area contributed by atoms with Crippen LogP contribution in [0.25, 0.3) is 5.65 Å². The Kier molecular flexibility index (Phi) is 3.58. The molecule has 0 bridgehead atoms. The van der Waals surface area contributed by atoms with Crippen molar-refractivity contribution in [3.63, 3.8) is 0 Å². The van der Waals surface area contributed by atoms with Crippen LogP contribution < -0.4 is 15.1 Å². The molecule has 0 unspecified atom stereocenters. The molecule has 30 heavy (non-hydrogen) atoms. The fourth-order valence-electron chi connectivity index (χ4n) is 4.81. The van der Waals surface area contributed by atoms with Gasteiger partial charge in [-0.1, -0.05) is 0 Å². The van der Waals surface area contributed by atoms with Crippen molar-refractivity contribution in [2.24, 2.45) is 4.99 Å². The van der Waals surface area contributed by atoms with Gasteiger partial charge in [-0.2, -0.15) is 10.1 Å². The summed E-state index contributed by atoms with van der Waals surface area (Å²) in [7, 11) is 2.01. The zero-order chi connectivity index (χ0) is 20.5. The summed E-state index contributed by atoms with van der Waals surface area (Å²) in [6.45, 7) is 2.76. The summed E-state index contributed by atoms with van der Waals surface area (Å²) < 4.78 is 1.73. The number of aliphatic hydroxyl groups is 1. The molecule has 10 nitrogen and oxygen atoms in total. The highest BCUT2D eigenvalue weighted by molar-refractivity contribution is 6.17. The Morgan fingerprint density at radius 1 is 1.23 bits per heavy atom. The van der Waals surface area contributed by atoms with Crippen LogP contribution in [0.1, 0.15) is 31.2 Å². The lowest BCUT2D eigenvalue weighted by atomic mass is 9.80. The van der Waals surface area contributed by atoms with Crippen molar-refractivity contribution in [3.8, 4) is 0 Å². The molecule has 0 atom stereocenters. The van der Waals surface area contributed by atoms with Crippen LogP contribution >= 0.6 is 0 Å². The number of hydrogen-bond acceptors (Lipinski definition) is 9. The van der Waals surface area contributed by atoms with Crippen molar-refractivity contribution >= 4 is 34.7 Å². The average molecular weight is 405 g/mol. The molecule has 3 aromatic rings. The number of nitrogens with one attached hydrogen (secondary N) is 1. The van der Waals surface area contributed by atoms with Crippen molar-refractivity contribution in [2.75, 3.05) is 28.7 Å². The fraction of sp³-hybridized carbons (Fsp3) is 0.450. The SMILES string of the molecule is Cc1cc2ncnn2cc1Nc1ncc2c(n1)N1C(=NCC13CCC(O)CC3)N2C. The van der Waals surface area contributed by atoms with E-state index in [0.717, 1.165) is 66.6 Å². The van der Waals surface area contributed by atoms with Gasteiger partial charge in [0.2, 0.25) is 11.9 Å². The van der Waals surface area contributed by atoms with Crippen molar-refractivity contribution in [2.45, 2.75) is 44.2 Å². The highest BCUT2D eigenvalue weighted by atomic mass is 16.3. The Balaban J connectivity index is 1.37. The van der Waals surface area contributed by atoms with Gasteiger partial charge in [-0.25, -0.2) is 19.5 Å². The van der Waals surface area contributed by atoms with E-state index in [1.165, 1.54) is 6.33 Å². The van der Waals surface area contributed by atoms with E-state index in [9.17, 15) is 5.11 Å². The molecular weight excluding hydrogens is 382 g/mol. The van der Waals surface area contributed by atoms with E-state index in [1.54, 1.807) is 4.52 Å². The van der Waals surface area contributed by atoms with Gasteiger partial charge < -0.3 is 15.3 Å². The van der Waals surface area contributed by atoms with Gasteiger partial charge in [-0.15, -0.1) is 0 Å². The van der Waals surface area contributed by atoms with Gasteiger partial charge in [0.25, 0.3) is 0 Å². The van der Waals surface area contributed by atoms with Crippen LogP contribution in [0, 0.1) is 6.92 Å². The molecular formula is C20H23N9O. The second kappa shape index (κ2) is 6.11. The van der Waals surface area contributed by atoms with Crippen LogP contribution in [-0.2, 0) is 0 Å². The summed E-state index contributed by atoms with van der Waals surface area (Å²) in [6, 6.07) is 1.98. The lowest BCUT2D eigenvalue weighted by molar-refractivity contribution is 0.102. The third kappa shape index (κ3) is 2.43. The Labute approximate surface area is 173 Å². The molecule has 5 heterocycles. The first-order valence-electron chi connectivity index (χ1n) is 10.2. The monoisotopic (exact) mass is 405 g/mol. The van der Waals surface area contributed by atoms with Crippen molar-refractivity contribution < 1.29 is 5.11 Å². The largest absolute Gasteiger partial charge is 0.393 e. The third-order valence-corrected chi connectivity index (χ3v) is 6.57. The minimum Gasteiger partial charge on any atom is -0.393 e. The van der Waals surface area contributed by atoms with Gasteiger partial charge in [0.05, 0.1) is 36.3 Å². The number of anilines is 4. The smallest absolute Gasteiger partial charge is 0.229 e. The van der Waals surface area contributed by atoms with Gasteiger partial charge in [0, 0.05) is 7.05 Å². The number of fused-ring (bicyclic) bond motifs is 5. The molecule has 0 radical (unpaired) electrons. The van der Waals surface area contributed by atoms with Gasteiger partial charge in [0.1, 0.15) is 12.0 Å². The maximum absolute atomic E-state index is 10.0. The summed E-state index contributed by atoms with van der Waals surface area (Å²) in [5, 5.41) is 17.6. The van der Waals surface area contributed by atoms with Crippen LogP contribution in [0.2, 0.25) is 0 Å². The zero-order valence-electron chi connectivity index (χ0n) is 16.9. The molecule has 0 aromatic carbocycles. The molecule has 2 N–H and O–H groups in total. The third-order valence-electron chi connectivity index (χ3n) is 6.57. The summed E-state index contributed by atoms with van der Waals surface area (Å²) in [5.41, 5.74) is 3.57. The molecule has 1 aliphatic carbocycles. The van der Waals surface area contributed by atoms with Crippen molar-refractivity contribution in [3.05, 3.63) is 30.4 Å². The minimum absolute atomic E-state index is 0.102. The number of aryl methyl sites for hydroxylation is 1. The van der Waals surface area contributed by atoms with Gasteiger partial charge in [0.15, 0.2) is 11.5 Å². The first kappa shape index (κ1) is 17.6. The van der Waals surface area contributed by atoms with E-state index >= 15 is 0 Å². The fourth-order valence-corrected chi connectivity index (χ4v) is 4.81. The topological polar surface area (TPSA) is 107 Å². The number of pyridine rings is 1. The maximum Gasteiger partial charge on any atom is 0.229 e. The summed E-state index contributed by atoms with van der Waals surface area (Å²) in [4.78, 5) is 22.8. The van der Waals surface area contributed by atoms with Crippen molar-refractivity contribution in [1.82, 2.24) is 24.6 Å². The molecule has 0 amide bonds. The zero-order valence-corrected chi connectivity index (χ0v) is 16.9. The summed E-state index contributed by atoms with van der Waals surface area (Å²) in [5.74, 6) is 2.33. The molecule has 0 saturated heterocycles. The predicted octanol–water partition coefficient (Wildman–Crippen LogP) is 1.87. The van der Waals surface area contributed by atoms with E-state index in [2.05, 4.69) is 30.2 Å². The van der Waals surface area contributed by atoms with E-state index in [4.69, 9.17) is 9.98 Å². The number of aliphatic hydroxyl groups excluding tert-OH is 1. The van der Waals surface area contributed by atoms with Crippen molar-refractivity contribution in [1.29, 1.82) is 0 Å². The van der Waals surface area contributed by atoms with E-state index < -0.39 is 0 Å². The first-order valence-corrected chi connectivity index (χ1v) is 10.2. The molecule has 1 spiro atoms. The lowest BCUT2D eigenvalue weighted by Crippen LogP contribution is -2.53. The standard InChI is InChI=1S/C20H23N9O/c1-12-7-16-23-11-24-28(16)9-14(12)25-18-21-8-15-17(26-18)29-19(27(15)2)22-10-20(29)5-3-13(30)4-6-20/h7-9,11,13,30H,3-6,10H2,1-2H3,(H,21,25,26). The van der Waals surface area contributed by atoms with Crippen LogP contribution in [0.15, 0.2) is 29.8 Å². The van der Waals surface area contributed by atoms with E-state index in [0.29, 0.717) is 5.95 Å². The number of rotatable bonds is 2. The molecule has 2 aliphatic heterocycles. The Bertz CT molecular complexity index is 1180. The Morgan fingerprint density at radius 2 is 2.07 bits per heavy atom. The second-order valence-corrected chi connectivity index (χ2v) is 8.43. The van der Waals surface area contributed by atoms with Crippen LogP contribution in [0.4, 0.5) is 23.1 Å². The highest BCUT2D eigenvalue weighted by Gasteiger charge is 2.51. The normalized spacial score (nSPS) is 25.0. The summed E-state index contributed by atoms with van der Waals surface area (Å²) >= 11 is 0. The predicted molar refractivity (Wildman–Crippen MR) is 113 cm³/mol. The number of guanidine groups is 1. The highest BCUT2D eigenvalue weighted by Crippen LogP contribution is 2.47. The quantitative estimate of drug-likeness (QED) is 0.665. The van der Waals surface area contributed by atoms with Crippen LogP contribution in [0.3, 0.4) is 0 Å². The van der Waals surface area contributed by atoms with Crippen LogP contribution in [-0.4, -0.2) is 60.9 Å². The second-order valence-electron chi connectivity index (χ2n) is 8.43. The van der Waals surface area contributed by atoms with E-state index in [1.807, 2.05) is 32.4 Å². The maximum atomic E-state index is 10.0. The number of hydrogen-bond donors (Lipinski definition) is 2. The molecule has 3 aliphatic rings. The molecule has 154 valence electrons. The van der Waals surface area contributed by atoms with Gasteiger partial charge in [-0.3, -0.25) is 4.90 Å². The number of aromatic nitrogens is 5. The average Bonchev–Trinajstić information content (AvgIpc) is 3.41. The lowest BCUT2D eigenvalue weighted by Gasteiger charge is -2.41. The van der Waals surface area contributed by atoms with Gasteiger partial charge in [-0.05, 0) is 44.2 Å². The number of aliphatic imine (C=N–C) groups is 1. The Hall–Kier alpha value is -3.27. The Morgan fingerprint density at radius 3 is 2.90 bits per heavy atom. The molecule has 1 saturated carbocycles. The molecule has 6 rings (SSSR count). The van der Waals surface area contributed by atoms with Crippen LogP contribution in [0.5, 0.6) is 0 Å².